The summed E-state index contributed by atoms with van der Waals surface area (Å²) in [5, 5.41) is 22.9. The maximum Gasteiger partial charge on any atom is 0.292 e. The van der Waals surface area contributed by atoms with Gasteiger partial charge in [0.05, 0.1) is 16.6 Å². The second-order valence-corrected chi connectivity index (χ2v) is 4.85. The van der Waals surface area contributed by atoms with E-state index in [1.165, 1.54) is 18.2 Å². The summed E-state index contributed by atoms with van der Waals surface area (Å²) in [6, 6.07) is 4.08. The van der Waals surface area contributed by atoms with Gasteiger partial charge in [-0.1, -0.05) is 19.9 Å². The third-order valence-corrected chi connectivity index (χ3v) is 3.02. The number of aliphatic hydroxyl groups is 1. The van der Waals surface area contributed by atoms with Crippen LogP contribution in [0.5, 0.6) is 0 Å². The van der Waals surface area contributed by atoms with E-state index in [0.717, 1.165) is 0 Å². The number of nitrogen functional groups attached to an aromatic ring is 1. The van der Waals surface area contributed by atoms with Gasteiger partial charge in [-0.3, -0.25) is 14.9 Å². The predicted octanol–water partition coefficient (Wildman–Crippen LogP) is 1.31. The highest BCUT2D eigenvalue weighted by atomic mass is 16.6. The van der Waals surface area contributed by atoms with Crippen LogP contribution < -0.4 is 11.1 Å². The third kappa shape index (κ3) is 3.92. The van der Waals surface area contributed by atoms with Gasteiger partial charge in [-0.15, -0.1) is 0 Å². The zero-order valence-electron chi connectivity index (χ0n) is 11.5. The van der Waals surface area contributed by atoms with Crippen LogP contribution >= 0.6 is 0 Å². The Bertz CT molecular complexity index is 502. The molecule has 20 heavy (non-hydrogen) atoms. The van der Waals surface area contributed by atoms with Gasteiger partial charge in [0, 0.05) is 12.6 Å². The van der Waals surface area contributed by atoms with E-state index in [4.69, 9.17) is 5.73 Å². The van der Waals surface area contributed by atoms with Crippen molar-refractivity contribution < 1.29 is 14.8 Å². The number of nitrogens with one attached hydrogen (secondary N) is 1. The number of rotatable bonds is 6. The number of para-hydroxylation sites is 1. The summed E-state index contributed by atoms with van der Waals surface area (Å²) in [7, 11) is 0. The Morgan fingerprint density at radius 1 is 1.50 bits per heavy atom. The molecule has 0 heterocycles. The molecule has 0 radical (unpaired) electrons. The molecule has 7 heteroatoms. The van der Waals surface area contributed by atoms with Crippen LogP contribution in [0.25, 0.3) is 0 Å². The van der Waals surface area contributed by atoms with Crippen molar-refractivity contribution in [3.8, 4) is 0 Å². The standard InChI is InChI=1S/C13H19N3O4/c1-8(2)11(17)6-7-15-13(18)9-4-3-5-10(12(9)14)16(19)20/h3-5,8,11,17H,6-7,14H2,1-2H3,(H,15,18). The highest BCUT2D eigenvalue weighted by molar-refractivity contribution is 6.00. The lowest BCUT2D eigenvalue weighted by Crippen LogP contribution is -2.29. The molecule has 1 aromatic carbocycles. The van der Waals surface area contributed by atoms with E-state index in [-0.39, 0.29) is 29.4 Å². The minimum atomic E-state index is -0.630. The van der Waals surface area contributed by atoms with Gasteiger partial charge in [-0.25, -0.2) is 0 Å². The summed E-state index contributed by atoms with van der Waals surface area (Å²) < 4.78 is 0. The number of nitro benzene ring substituents is 1. The van der Waals surface area contributed by atoms with Crippen LogP contribution in [-0.2, 0) is 0 Å². The van der Waals surface area contributed by atoms with E-state index < -0.39 is 16.9 Å². The number of nitrogens with two attached hydrogens (primary N) is 1. The molecule has 1 atom stereocenters. The molecule has 1 rings (SSSR count). The SMILES string of the molecule is CC(C)C(O)CCNC(=O)c1cccc([N+](=O)[O-])c1N. The first-order chi connectivity index (χ1) is 9.34. The Morgan fingerprint density at radius 3 is 2.70 bits per heavy atom. The second-order valence-electron chi connectivity index (χ2n) is 4.85. The van der Waals surface area contributed by atoms with Crippen LogP contribution in [0, 0.1) is 16.0 Å². The van der Waals surface area contributed by atoms with Crippen LogP contribution in [0.3, 0.4) is 0 Å². The number of nitrogens with zero attached hydrogens (tertiary/aromatic N) is 1. The Balaban J connectivity index is 2.69. The van der Waals surface area contributed by atoms with Crippen molar-refractivity contribution in [1.82, 2.24) is 5.32 Å². The first-order valence-electron chi connectivity index (χ1n) is 6.33. The Hall–Kier alpha value is -2.15. The summed E-state index contributed by atoms with van der Waals surface area (Å²) in [5.74, 6) is -0.378. The molecule has 0 saturated carbocycles. The third-order valence-electron chi connectivity index (χ3n) is 3.02. The normalized spacial score (nSPS) is 12.2. The van der Waals surface area contributed by atoms with Gasteiger partial charge in [0.15, 0.2) is 0 Å². The quantitative estimate of drug-likeness (QED) is 0.412. The molecule has 7 nitrogen and oxygen atoms in total. The van der Waals surface area contributed by atoms with Gasteiger partial charge >= 0.3 is 0 Å². The van der Waals surface area contributed by atoms with E-state index in [0.29, 0.717) is 6.42 Å². The van der Waals surface area contributed by atoms with Gasteiger partial charge in [0.1, 0.15) is 5.69 Å². The van der Waals surface area contributed by atoms with E-state index in [9.17, 15) is 20.0 Å². The van der Waals surface area contributed by atoms with Crippen LogP contribution in [0.1, 0.15) is 30.6 Å². The number of aliphatic hydroxyl groups excluding tert-OH is 1. The number of benzene rings is 1. The van der Waals surface area contributed by atoms with Crippen molar-refractivity contribution in [3.05, 3.63) is 33.9 Å². The highest BCUT2D eigenvalue weighted by Crippen LogP contribution is 2.24. The zero-order chi connectivity index (χ0) is 15.3. The molecule has 4 N–H and O–H groups in total. The van der Waals surface area contributed by atoms with Gasteiger partial charge in [-0.05, 0) is 18.4 Å². The Labute approximate surface area is 116 Å². The van der Waals surface area contributed by atoms with Crippen molar-refractivity contribution in [2.75, 3.05) is 12.3 Å². The number of anilines is 1. The van der Waals surface area contributed by atoms with Crippen molar-refractivity contribution in [2.45, 2.75) is 26.4 Å². The summed E-state index contributed by atoms with van der Waals surface area (Å²) >= 11 is 0. The summed E-state index contributed by atoms with van der Waals surface area (Å²) in [5.41, 5.74) is 5.24. The average Bonchev–Trinajstić information content (AvgIpc) is 2.38. The van der Waals surface area contributed by atoms with Gasteiger partial charge in [0.2, 0.25) is 0 Å². The Morgan fingerprint density at radius 2 is 2.15 bits per heavy atom. The second kappa shape index (κ2) is 6.85. The molecule has 1 amide bonds. The lowest BCUT2D eigenvalue weighted by Gasteiger charge is -2.14. The fraction of sp³-hybridized carbons (Fsp3) is 0.462. The molecule has 0 aromatic heterocycles. The van der Waals surface area contributed by atoms with Crippen molar-refractivity contribution in [2.24, 2.45) is 5.92 Å². The lowest BCUT2D eigenvalue weighted by molar-refractivity contribution is -0.383. The van der Waals surface area contributed by atoms with Crippen LogP contribution in [0.2, 0.25) is 0 Å². The zero-order valence-corrected chi connectivity index (χ0v) is 11.5. The lowest BCUT2D eigenvalue weighted by atomic mass is 10.0. The number of nitro groups is 1. The number of hydrogen-bond acceptors (Lipinski definition) is 5. The minimum Gasteiger partial charge on any atom is -0.393 e. The van der Waals surface area contributed by atoms with E-state index in [2.05, 4.69) is 5.32 Å². The van der Waals surface area contributed by atoms with Gasteiger partial charge in [-0.2, -0.15) is 0 Å². The largest absolute Gasteiger partial charge is 0.393 e. The molecule has 0 saturated heterocycles. The first-order valence-corrected chi connectivity index (χ1v) is 6.33. The minimum absolute atomic E-state index is 0.0678. The van der Waals surface area contributed by atoms with Crippen molar-refractivity contribution in [3.63, 3.8) is 0 Å². The smallest absolute Gasteiger partial charge is 0.292 e. The van der Waals surface area contributed by atoms with Crippen LogP contribution in [-0.4, -0.2) is 28.6 Å². The van der Waals surface area contributed by atoms with E-state index in [1.54, 1.807) is 0 Å². The summed E-state index contributed by atoms with van der Waals surface area (Å²) in [4.78, 5) is 22.0. The average molecular weight is 281 g/mol. The predicted molar refractivity (Wildman–Crippen MR) is 75.3 cm³/mol. The van der Waals surface area contributed by atoms with Crippen molar-refractivity contribution >= 4 is 17.3 Å². The monoisotopic (exact) mass is 281 g/mol. The maximum atomic E-state index is 11.9. The molecule has 0 fully saturated rings. The molecule has 110 valence electrons. The Kier molecular flexibility index (Phi) is 5.45. The number of carbonyl (C=O) groups is 1. The number of amides is 1. The molecular weight excluding hydrogens is 262 g/mol. The number of hydrogen-bond donors (Lipinski definition) is 3. The molecule has 1 aromatic rings. The molecular formula is C13H19N3O4. The number of carbonyl (C=O) groups excluding carboxylic acids is 1. The molecule has 0 aliphatic heterocycles. The van der Waals surface area contributed by atoms with Gasteiger partial charge < -0.3 is 16.2 Å². The molecule has 0 spiro atoms. The molecule has 0 bridgehead atoms. The van der Waals surface area contributed by atoms with E-state index in [1.807, 2.05) is 13.8 Å². The summed E-state index contributed by atoms with van der Waals surface area (Å²) in [6.07, 6.45) is -0.0872. The molecule has 1 unspecified atom stereocenters. The fourth-order valence-corrected chi connectivity index (χ4v) is 1.67. The summed E-state index contributed by atoms with van der Waals surface area (Å²) in [6.45, 7) is 4.04. The first kappa shape index (κ1) is 15.9. The van der Waals surface area contributed by atoms with Crippen molar-refractivity contribution in [1.29, 1.82) is 0 Å². The molecule has 0 aliphatic rings. The highest BCUT2D eigenvalue weighted by Gasteiger charge is 2.19. The fourth-order valence-electron chi connectivity index (χ4n) is 1.67. The van der Waals surface area contributed by atoms with Gasteiger partial charge in [0.25, 0.3) is 11.6 Å². The van der Waals surface area contributed by atoms with Crippen LogP contribution in [0.15, 0.2) is 18.2 Å². The van der Waals surface area contributed by atoms with Crippen LogP contribution in [0.4, 0.5) is 11.4 Å². The van der Waals surface area contributed by atoms with E-state index >= 15 is 0 Å². The molecule has 0 aliphatic carbocycles. The maximum absolute atomic E-state index is 11.9. The topological polar surface area (TPSA) is 118 Å².